The summed E-state index contributed by atoms with van der Waals surface area (Å²) in [6.45, 7) is 2.09. The highest BCUT2D eigenvalue weighted by Gasteiger charge is 2.17. The summed E-state index contributed by atoms with van der Waals surface area (Å²) in [6, 6.07) is 7.28. The first kappa shape index (κ1) is 15.2. The zero-order valence-electron chi connectivity index (χ0n) is 12.0. The number of nitrogens with zero attached hydrogens (tertiary/aromatic N) is 2. The Morgan fingerprint density at radius 3 is 2.80 bits per heavy atom. The first-order valence-electron chi connectivity index (χ1n) is 6.69. The van der Waals surface area contributed by atoms with Crippen LogP contribution in [0.1, 0.15) is 29.9 Å². The molecule has 0 fully saturated rings. The molecule has 0 bridgehead atoms. The van der Waals surface area contributed by atoms with Gasteiger partial charge in [-0.25, -0.2) is 4.39 Å². The molecule has 2 aromatic rings. The summed E-state index contributed by atoms with van der Waals surface area (Å²) in [5.41, 5.74) is 3.14. The molecule has 0 amide bonds. The van der Waals surface area contributed by atoms with E-state index in [2.05, 4.69) is 39.3 Å². The van der Waals surface area contributed by atoms with Crippen LogP contribution in [0.3, 0.4) is 0 Å². The molecule has 1 unspecified atom stereocenters. The SMILES string of the molecule is CCc1cc(CC(NC)c2cccc(F)c2Br)n(C)n1. The number of hydrogen-bond donors (Lipinski definition) is 1. The zero-order valence-corrected chi connectivity index (χ0v) is 13.5. The second-order valence-electron chi connectivity index (χ2n) is 4.79. The molecule has 20 heavy (non-hydrogen) atoms. The fraction of sp³-hybridized carbons (Fsp3) is 0.400. The fourth-order valence-corrected chi connectivity index (χ4v) is 2.84. The van der Waals surface area contributed by atoms with E-state index >= 15 is 0 Å². The average Bonchev–Trinajstić information content (AvgIpc) is 2.80. The molecule has 1 heterocycles. The van der Waals surface area contributed by atoms with Gasteiger partial charge in [-0.05, 0) is 47.1 Å². The standard InChI is InChI=1S/C15H19BrFN3/c1-4-10-8-11(20(3)19-10)9-14(18-2)12-6-5-7-13(17)15(12)16/h5-8,14,18H,4,9H2,1-3H3. The number of benzene rings is 1. The van der Waals surface area contributed by atoms with Gasteiger partial charge in [-0.3, -0.25) is 4.68 Å². The fourth-order valence-electron chi connectivity index (χ4n) is 2.30. The number of aryl methyl sites for hydroxylation is 2. The van der Waals surface area contributed by atoms with E-state index in [1.807, 2.05) is 24.8 Å². The maximum atomic E-state index is 13.7. The maximum absolute atomic E-state index is 13.7. The van der Waals surface area contributed by atoms with E-state index in [9.17, 15) is 4.39 Å². The molecule has 0 radical (unpaired) electrons. The van der Waals surface area contributed by atoms with E-state index in [0.29, 0.717) is 4.47 Å². The Balaban J connectivity index is 2.28. The minimum atomic E-state index is -0.234. The second kappa shape index (κ2) is 6.50. The molecule has 0 spiro atoms. The highest BCUT2D eigenvalue weighted by atomic mass is 79.9. The molecule has 108 valence electrons. The van der Waals surface area contributed by atoms with Crippen LogP contribution in [0.4, 0.5) is 4.39 Å². The van der Waals surface area contributed by atoms with Crippen molar-refractivity contribution in [3.63, 3.8) is 0 Å². The monoisotopic (exact) mass is 339 g/mol. The quantitative estimate of drug-likeness (QED) is 0.904. The van der Waals surface area contributed by atoms with Crippen molar-refractivity contribution in [3.8, 4) is 0 Å². The Morgan fingerprint density at radius 2 is 2.20 bits per heavy atom. The zero-order chi connectivity index (χ0) is 14.7. The Labute approximate surface area is 127 Å². The molecule has 0 aliphatic carbocycles. The van der Waals surface area contributed by atoms with Crippen LogP contribution in [0.5, 0.6) is 0 Å². The molecule has 1 atom stereocenters. The summed E-state index contributed by atoms with van der Waals surface area (Å²) in [5.74, 6) is -0.234. The van der Waals surface area contributed by atoms with Crippen molar-refractivity contribution in [1.82, 2.24) is 15.1 Å². The Hall–Kier alpha value is -1.20. The molecule has 0 aliphatic rings. The number of likely N-dealkylation sites (N-methyl/N-ethyl adjacent to an activating group) is 1. The van der Waals surface area contributed by atoms with Crippen LogP contribution in [-0.4, -0.2) is 16.8 Å². The highest BCUT2D eigenvalue weighted by Crippen LogP contribution is 2.28. The van der Waals surface area contributed by atoms with Crippen molar-refractivity contribution in [1.29, 1.82) is 0 Å². The molecular weight excluding hydrogens is 321 g/mol. The van der Waals surface area contributed by atoms with Crippen molar-refractivity contribution in [3.05, 3.63) is 51.5 Å². The Kier molecular flexibility index (Phi) is 4.94. The lowest BCUT2D eigenvalue weighted by Gasteiger charge is -2.18. The lowest BCUT2D eigenvalue weighted by molar-refractivity contribution is 0.549. The first-order chi connectivity index (χ1) is 9.56. The Morgan fingerprint density at radius 1 is 1.45 bits per heavy atom. The number of nitrogens with one attached hydrogen (secondary N) is 1. The lowest BCUT2D eigenvalue weighted by Crippen LogP contribution is -2.20. The van der Waals surface area contributed by atoms with E-state index in [0.717, 1.165) is 29.8 Å². The molecule has 1 aromatic carbocycles. The van der Waals surface area contributed by atoms with Gasteiger partial charge in [-0.2, -0.15) is 5.10 Å². The van der Waals surface area contributed by atoms with Crippen molar-refractivity contribution in [2.75, 3.05) is 7.05 Å². The van der Waals surface area contributed by atoms with Gasteiger partial charge in [0.05, 0.1) is 10.2 Å². The van der Waals surface area contributed by atoms with Crippen molar-refractivity contribution >= 4 is 15.9 Å². The summed E-state index contributed by atoms with van der Waals surface area (Å²) < 4.78 is 16.1. The van der Waals surface area contributed by atoms with Crippen LogP contribution in [0.25, 0.3) is 0 Å². The molecule has 5 heteroatoms. The minimum absolute atomic E-state index is 0.0418. The highest BCUT2D eigenvalue weighted by molar-refractivity contribution is 9.10. The molecule has 0 saturated carbocycles. The van der Waals surface area contributed by atoms with Crippen molar-refractivity contribution in [2.45, 2.75) is 25.8 Å². The number of hydrogen-bond acceptors (Lipinski definition) is 2. The molecule has 2 rings (SSSR count). The molecule has 3 nitrogen and oxygen atoms in total. The predicted octanol–water partition coefficient (Wildman–Crippen LogP) is 3.39. The summed E-state index contributed by atoms with van der Waals surface area (Å²) in [7, 11) is 3.83. The van der Waals surface area contributed by atoms with Crippen LogP contribution in [0, 0.1) is 5.82 Å². The molecule has 0 saturated heterocycles. The summed E-state index contributed by atoms with van der Waals surface area (Å²) in [5, 5.41) is 7.70. The molecule has 0 aliphatic heterocycles. The number of halogens is 2. The number of aromatic nitrogens is 2. The molecule has 1 aromatic heterocycles. The first-order valence-corrected chi connectivity index (χ1v) is 7.49. The van der Waals surface area contributed by atoms with Crippen LogP contribution < -0.4 is 5.32 Å². The van der Waals surface area contributed by atoms with Gasteiger partial charge in [0, 0.05) is 25.2 Å². The van der Waals surface area contributed by atoms with Crippen LogP contribution in [0.2, 0.25) is 0 Å². The van der Waals surface area contributed by atoms with E-state index in [-0.39, 0.29) is 11.9 Å². The van der Waals surface area contributed by atoms with E-state index < -0.39 is 0 Å². The summed E-state index contributed by atoms with van der Waals surface area (Å²) in [4.78, 5) is 0. The van der Waals surface area contributed by atoms with Gasteiger partial charge in [0.2, 0.25) is 0 Å². The third-order valence-corrected chi connectivity index (χ3v) is 4.34. The third kappa shape index (κ3) is 3.10. The van der Waals surface area contributed by atoms with Gasteiger partial charge >= 0.3 is 0 Å². The van der Waals surface area contributed by atoms with E-state index in [1.165, 1.54) is 6.07 Å². The average molecular weight is 340 g/mol. The van der Waals surface area contributed by atoms with Gasteiger partial charge < -0.3 is 5.32 Å². The Bertz CT molecular complexity index is 595. The molecular formula is C15H19BrFN3. The van der Waals surface area contributed by atoms with Crippen molar-refractivity contribution < 1.29 is 4.39 Å². The van der Waals surface area contributed by atoms with Gasteiger partial charge in [-0.15, -0.1) is 0 Å². The van der Waals surface area contributed by atoms with Gasteiger partial charge in [0.25, 0.3) is 0 Å². The number of rotatable bonds is 5. The normalized spacial score (nSPS) is 12.7. The minimum Gasteiger partial charge on any atom is -0.313 e. The smallest absolute Gasteiger partial charge is 0.137 e. The summed E-state index contributed by atoms with van der Waals surface area (Å²) in [6.07, 6.45) is 1.68. The third-order valence-electron chi connectivity index (χ3n) is 3.51. The van der Waals surface area contributed by atoms with E-state index in [4.69, 9.17) is 0 Å². The predicted molar refractivity (Wildman–Crippen MR) is 82.2 cm³/mol. The van der Waals surface area contributed by atoms with Crippen molar-refractivity contribution in [2.24, 2.45) is 7.05 Å². The van der Waals surface area contributed by atoms with E-state index in [1.54, 1.807) is 6.07 Å². The van der Waals surface area contributed by atoms with Gasteiger partial charge in [-0.1, -0.05) is 19.1 Å². The topological polar surface area (TPSA) is 29.9 Å². The second-order valence-corrected chi connectivity index (χ2v) is 5.59. The van der Waals surface area contributed by atoms with Gasteiger partial charge in [0.1, 0.15) is 5.82 Å². The largest absolute Gasteiger partial charge is 0.313 e. The van der Waals surface area contributed by atoms with Crippen LogP contribution >= 0.6 is 15.9 Å². The van der Waals surface area contributed by atoms with Gasteiger partial charge in [0.15, 0.2) is 0 Å². The van der Waals surface area contributed by atoms with Crippen LogP contribution in [0.15, 0.2) is 28.7 Å². The summed E-state index contributed by atoms with van der Waals surface area (Å²) >= 11 is 3.33. The maximum Gasteiger partial charge on any atom is 0.137 e. The molecule has 1 N–H and O–H groups in total. The van der Waals surface area contributed by atoms with Crippen LogP contribution in [-0.2, 0) is 19.9 Å². The lowest BCUT2D eigenvalue weighted by atomic mass is 10.0.